The fraction of sp³-hybridized carbons (Fsp3) is 0.571. The number of rotatable bonds is 3. The fourth-order valence-corrected chi connectivity index (χ4v) is 3.17. The highest BCUT2D eigenvalue weighted by Gasteiger charge is 2.33. The van der Waals surface area contributed by atoms with Crippen LogP contribution in [0.1, 0.15) is 18.4 Å². The number of hydrogen-bond donors (Lipinski definition) is 1. The van der Waals surface area contributed by atoms with Gasteiger partial charge in [0.2, 0.25) is 0 Å². The zero-order valence-corrected chi connectivity index (χ0v) is 13.1. The molecule has 1 unspecified atom stereocenters. The van der Waals surface area contributed by atoms with Crippen LogP contribution in [-0.2, 0) is 6.54 Å². The van der Waals surface area contributed by atoms with E-state index in [-0.39, 0.29) is 24.8 Å². The first-order chi connectivity index (χ1) is 8.31. The predicted molar refractivity (Wildman–Crippen MR) is 71.2 cm³/mol. The summed E-state index contributed by atoms with van der Waals surface area (Å²) in [7, 11) is 0. The number of nitrogens with one attached hydrogen (secondary N) is 1. The zero-order chi connectivity index (χ0) is 11.7. The van der Waals surface area contributed by atoms with E-state index in [4.69, 9.17) is 11.6 Å². The van der Waals surface area contributed by atoms with Crippen molar-refractivity contribution in [1.29, 1.82) is 0 Å². The lowest BCUT2D eigenvalue weighted by molar-refractivity contribution is -0.001000. The molecule has 3 aliphatic heterocycles. The van der Waals surface area contributed by atoms with Crippen LogP contribution in [0.3, 0.4) is 0 Å². The number of benzene rings is 1. The first-order valence-electron chi connectivity index (χ1n) is 6.51. The van der Waals surface area contributed by atoms with Crippen LogP contribution in [0.4, 0.5) is 0 Å². The van der Waals surface area contributed by atoms with Crippen molar-refractivity contribution in [3.8, 4) is 0 Å². The molecule has 2 nitrogen and oxygen atoms in total. The first-order valence-corrected chi connectivity index (χ1v) is 6.89. The van der Waals surface area contributed by atoms with Crippen LogP contribution >= 0.6 is 11.6 Å². The Morgan fingerprint density at radius 3 is 2.26 bits per heavy atom. The van der Waals surface area contributed by atoms with E-state index in [0.29, 0.717) is 6.04 Å². The van der Waals surface area contributed by atoms with E-state index in [1.165, 1.54) is 38.0 Å². The van der Waals surface area contributed by atoms with Crippen molar-refractivity contribution in [3.05, 3.63) is 34.9 Å². The molecule has 1 aromatic carbocycles. The number of piperidine rings is 3. The molecular weight excluding hydrogens is 303 g/mol. The highest BCUT2D eigenvalue weighted by atomic mass is 35.5. The van der Waals surface area contributed by atoms with Gasteiger partial charge in [0.05, 0.1) is 0 Å². The summed E-state index contributed by atoms with van der Waals surface area (Å²) in [6.07, 6.45) is 2.75. The number of nitrogens with zero attached hydrogens (tertiary/aromatic N) is 1. The predicted octanol–water partition coefficient (Wildman–Crippen LogP) is -3.47. The Balaban J connectivity index is 0.000000902. The quantitative estimate of drug-likeness (QED) is 0.622. The van der Waals surface area contributed by atoms with Crippen LogP contribution in [0, 0.1) is 5.92 Å². The minimum Gasteiger partial charge on any atom is -1.00 e. The Hall–Kier alpha value is 0.01000. The molecule has 1 aromatic rings. The molecule has 2 bridgehead atoms. The van der Waals surface area contributed by atoms with Gasteiger partial charge in [0, 0.05) is 24.2 Å². The van der Waals surface area contributed by atoms with Gasteiger partial charge in [0.15, 0.2) is 0 Å². The van der Waals surface area contributed by atoms with Crippen molar-refractivity contribution in [1.82, 2.24) is 10.2 Å². The maximum absolute atomic E-state index is 5.88. The molecular formula is C14H19Cl3N2-2. The molecule has 0 aliphatic carbocycles. The summed E-state index contributed by atoms with van der Waals surface area (Å²) in [6, 6.07) is 8.84. The van der Waals surface area contributed by atoms with E-state index in [2.05, 4.69) is 22.3 Å². The molecule has 0 spiro atoms. The Morgan fingerprint density at radius 1 is 1.11 bits per heavy atom. The third kappa shape index (κ3) is 4.24. The molecule has 1 N–H and O–H groups in total. The average molecular weight is 322 g/mol. The maximum Gasteiger partial charge on any atom is 0.0406 e. The Morgan fingerprint density at radius 2 is 1.74 bits per heavy atom. The van der Waals surface area contributed by atoms with Gasteiger partial charge in [0.25, 0.3) is 0 Å². The molecule has 0 aromatic heterocycles. The van der Waals surface area contributed by atoms with E-state index < -0.39 is 0 Å². The van der Waals surface area contributed by atoms with Crippen molar-refractivity contribution in [2.24, 2.45) is 5.92 Å². The fourth-order valence-electron chi connectivity index (χ4n) is 3.05. The minimum atomic E-state index is 0. The van der Waals surface area contributed by atoms with Gasteiger partial charge in [-0.2, -0.15) is 0 Å². The van der Waals surface area contributed by atoms with Crippen molar-refractivity contribution < 1.29 is 24.8 Å². The summed E-state index contributed by atoms with van der Waals surface area (Å²) in [5.74, 6) is 0.896. The van der Waals surface area contributed by atoms with Crippen LogP contribution in [0.25, 0.3) is 0 Å². The molecule has 4 rings (SSSR count). The van der Waals surface area contributed by atoms with Gasteiger partial charge in [-0.15, -0.1) is 0 Å². The van der Waals surface area contributed by atoms with Crippen LogP contribution in [-0.4, -0.2) is 30.6 Å². The second-order valence-electron chi connectivity index (χ2n) is 5.25. The molecule has 0 saturated carbocycles. The van der Waals surface area contributed by atoms with E-state index in [9.17, 15) is 0 Å². The van der Waals surface area contributed by atoms with Gasteiger partial charge in [0.1, 0.15) is 0 Å². The van der Waals surface area contributed by atoms with Crippen molar-refractivity contribution in [3.63, 3.8) is 0 Å². The van der Waals surface area contributed by atoms with E-state index in [1.807, 2.05) is 12.1 Å². The second kappa shape index (κ2) is 7.70. The van der Waals surface area contributed by atoms with Crippen molar-refractivity contribution >= 4 is 11.6 Å². The second-order valence-corrected chi connectivity index (χ2v) is 5.69. The number of hydrogen-bond acceptors (Lipinski definition) is 2. The van der Waals surface area contributed by atoms with Crippen molar-refractivity contribution in [2.45, 2.75) is 25.4 Å². The van der Waals surface area contributed by atoms with Crippen LogP contribution in [0.2, 0.25) is 5.02 Å². The minimum absolute atomic E-state index is 0. The lowest BCUT2D eigenvalue weighted by Gasteiger charge is -2.45. The SMILES string of the molecule is Clc1ccc(CNC2CN3CCC2CC3)cc1.[Cl-].[Cl-]. The van der Waals surface area contributed by atoms with Gasteiger partial charge in [-0.1, -0.05) is 23.7 Å². The van der Waals surface area contributed by atoms with Gasteiger partial charge < -0.3 is 35.0 Å². The lowest BCUT2D eigenvalue weighted by Crippen LogP contribution is -3.00. The van der Waals surface area contributed by atoms with E-state index in [0.717, 1.165) is 17.5 Å². The standard InChI is InChI=1S/C14H19ClN2.2ClH/c15-13-3-1-11(2-4-13)9-16-14-10-17-7-5-12(14)6-8-17;;/h1-4,12,14,16H,5-10H2;2*1H/p-2. The summed E-state index contributed by atoms with van der Waals surface area (Å²) >= 11 is 5.88. The monoisotopic (exact) mass is 320 g/mol. The maximum atomic E-state index is 5.88. The highest BCUT2D eigenvalue weighted by molar-refractivity contribution is 6.30. The van der Waals surface area contributed by atoms with Crippen LogP contribution in [0.5, 0.6) is 0 Å². The summed E-state index contributed by atoms with van der Waals surface area (Å²) in [5, 5.41) is 4.52. The van der Waals surface area contributed by atoms with Gasteiger partial charge in [-0.25, -0.2) is 0 Å². The van der Waals surface area contributed by atoms with Gasteiger partial charge in [-0.3, -0.25) is 0 Å². The molecule has 3 aliphatic rings. The summed E-state index contributed by atoms with van der Waals surface area (Å²) in [5.41, 5.74) is 1.32. The molecule has 1 atom stereocenters. The van der Waals surface area contributed by atoms with Crippen molar-refractivity contribution in [2.75, 3.05) is 19.6 Å². The topological polar surface area (TPSA) is 15.3 Å². The first kappa shape index (κ1) is 17.1. The molecule has 19 heavy (non-hydrogen) atoms. The Bertz CT molecular complexity index is 375. The molecule has 3 heterocycles. The summed E-state index contributed by atoms with van der Waals surface area (Å²) < 4.78 is 0. The Kier molecular flexibility index (Phi) is 6.92. The molecule has 3 fully saturated rings. The molecule has 108 valence electrons. The molecule has 5 heteroatoms. The van der Waals surface area contributed by atoms with Crippen LogP contribution < -0.4 is 30.1 Å². The normalized spacial score (nSPS) is 28.4. The molecule has 3 saturated heterocycles. The van der Waals surface area contributed by atoms with E-state index in [1.54, 1.807) is 0 Å². The molecule has 0 radical (unpaired) electrons. The van der Waals surface area contributed by atoms with Gasteiger partial charge in [-0.05, 0) is 49.5 Å². The van der Waals surface area contributed by atoms with Gasteiger partial charge >= 0.3 is 0 Å². The lowest BCUT2D eigenvalue weighted by atomic mass is 9.84. The largest absolute Gasteiger partial charge is 1.00 e. The third-order valence-electron chi connectivity index (χ3n) is 4.14. The Labute approximate surface area is 132 Å². The van der Waals surface area contributed by atoms with E-state index >= 15 is 0 Å². The zero-order valence-electron chi connectivity index (χ0n) is 10.8. The smallest absolute Gasteiger partial charge is 0.0406 e. The number of halogens is 3. The van der Waals surface area contributed by atoms with Crippen LogP contribution in [0.15, 0.2) is 24.3 Å². The number of fused-ring (bicyclic) bond motifs is 3. The molecule has 0 amide bonds. The summed E-state index contributed by atoms with van der Waals surface area (Å²) in [6.45, 7) is 4.82. The third-order valence-corrected chi connectivity index (χ3v) is 4.39. The highest BCUT2D eigenvalue weighted by Crippen LogP contribution is 2.27. The summed E-state index contributed by atoms with van der Waals surface area (Å²) in [4.78, 5) is 2.58. The average Bonchev–Trinajstić information content (AvgIpc) is 2.39.